The summed E-state index contributed by atoms with van der Waals surface area (Å²) < 4.78 is 40.1. The highest BCUT2D eigenvalue weighted by molar-refractivity contribution is 5.92. The molecule has 142 valence electrons. The molecule has 1 saturated heterocycles. The van der Waals surface area contributed by atoms with Crippen molar-refractivity contribution < 1.29 is 18.0 Å². The Balaban J connectivity index is 0.00000243. The van der Waals surface area contributed by atoms with Gasteiger partial charge in [0.1, 0.15) is 5.82 Å². The van der Waals surface area contributed by atoms with Crippen LogP contribution in [0.3, 0.4) is 0 Å². The smallest absolute Gasteiger partial charge is 0.317 e. The standard InChI is InChI=1S/C17H19F3N4O.ClH/c1-11-9-15(22-16(25)12-5-7-21-8-6-12)24(23-11)14-4-2-3-13(10-14)17(18,19)20;/h2-4,9-10,12,21H,5-8H2,1H3,(H,22,25);1H. The number of anilines is 1. The quantitative estimate of drug-likeness (QED) is 0.845. The number of hydrogen-bond acceptors (Lipinski definition) is 3. The zero-order valence-corrected chi connectivity index (χ0v) is 15.0. The number of benzene rings is 1. The van der Waals surface area contributed by atoms with Gasteiger partial charge in [-0.25, -0.2) is 4.68 Å². The van der Waals surface area contributed by atoms with Crippen molar-refractivity contribution in [3.63, 3.8) is 0 Å². The second-order valence-corrected chi connectivity index (χ2v) is 6.14. The van der Waals surface area contributed by atoms with E-state index in [-0.39, 0.29) is 29.9 Å². The number of halogens is 4. The summed E-state index contributed by atoms with van der Waals surface area (Å²) in [5.74, 6) is 0.140. The van der Waals surface area contributed by atoms with E-state index >= 15 is 0 Å². The van der Waals surface area contributed by atoms with Crippen LogP contribution in [0.4, 0.5) is 19.0 Å². The third-order valence-electron chi connectivity index (χ3n) is 4.21. The number of aryl methyl sites for hydroxylation is 1. The number of carbonyl (C=O) groups is 1. The Morgan fingerprint density at radius 2 is 1.96 bits per heavy atom. The van der Waals surface area contributed by atoms with Crippen LogP contribution < -0.4 is 10.6 Å². The number of aromatic nitrogens is 2. The first-order valence-electron chi connectivity index (χ1n) is 8.10. The Hall–Kier alpha value is -2.06. The molecule has 2 N–H and O–H groups in total. The maximum Gasteiger partial charge on any atom is 0.416 e. The molecule has 0 unspecified atom stereocenters. The molecule has 9 heteroatoms. The molecule has 0 saturated carbocycles. The van der Waals surface area contributed by atoms with Crippen molar-refractivity contribution in [3.8, 4) is 5.69 Å². The summed E-state index contributed by atoms with van der Waals surface area (Å²) in [6.07, 6.45) is -2.96. The lowest BCUT2D eigenvalue weighted by Gasteiger charge is -2.22. The van der Waals surface area contributed by atoms with Crippen LogP contribution in [0.25, 0.3) is 5.69 Å². The average Bonchev–Trinajstić information content (AvgIpc) is 2.95. The fourth-order valence-electron chi connectivity index (χ4n) is 2.91. The van der Waals surface area contributed by atoms with Gasteiger partial charge in [0.25, 0.3) is 0 Å². The maximum absolute atomic E-state index is 12.9. The lowest BCUT2D eigenvalue weighted by molar-refractivity contribution is -0.137. The number of nitrogens with zero attached hydrogens (tertiary/aromatic N) is 2. The Labute approximate surface area is 155 Å². The third-order valence-corrected chi connectivity index (χ3v) is 4.21. The van der Waals surface area contributed by atoms with E-state index in [1.54, 1.807) is 13.0 Å². The molecule has 1 amide bonds. The molecule has 0 spiro atoms. The number of carbonyl (C=O) groups excluding carboxylic acids is 1. The predicted molar refractivity (Wildman–Crippen MR) is 94.8 cm³/mol. The summed E-state index contributed by atoms with van der Waals surface area (Å²) in [4.78, 5) is 12.4. The summed E-state index contributed by atoms with van der Waals surface area (Å²) in [5.41, 5.74) is 0.107. The second-order valence-electron chi connectivity index (χ2n) is 6.14. The highest BCUT2D eigenvalue weighted by Crippen LogP contribution is 2.31. The van der Waals surface area contributed by atoms with Gasteiger partial charge in [-0.1, -0.05) is 6.07 Å². The number of hydrogen-bond donors (Lipinski definition) is 2. The van der Waals surface area contributed by atoms with E-state index in [1.165, 1.54) is 16.8 Å². The van der Waals surface area contributed by atoms with Gasteiger partial charge in [0, 0.05) is 12.0 Å². The summed E-state index contributed by atoms with van der Waals surface area (Å²) in [7, 11) is 0. The van der Waals surface area contributed by atoms with Crippen molar-refractivity contribution in [2.24, 2.45) is 5.92 Å². The van der Waals surface area contributed by atoms with Crippen LogP contribution in [0.15, 0.2) is 30.3 Å². The molecular formula is C17H20ClF3N4O. The first kappa shape index (κ1) is 20.3. The van der Waals surface area contributed by atoms with Gasteiger partial charge in [-0.15, -0.1) is 12.4 Å². The molecule has 0 aliphatic carbocycles. The highest BCUT2D eigenvalue weighted by atomic mass is 35.5. The predicted octanol–water partition coefficient (Wildman–Crippen LogP) is 3.56. The van der Waals surface area contributed by atoms with Crippen molar-refractivity contribution in [2.45, 2.75) is 25.9 Å². The van der Waals surface area contributed by atoms with E-state index < -0.39 is 11.7 Å². The van der Waals surface area contributed by atoms with Gasteiger partial charge in [0.05, 0.1) is 16.9 Å². The van der Waals surface area contributed by atoms with Crippen molar-refractivity contribution in [1.82, 2.24) is 15.1 Å². The average molecular weight is 389 g/mol. The fraction of sp³-hybridized carbons (Fsp3) is 0.412. The number of nitrogens with one attached hydrogen (secondary N) is 2. The molecule has 1 aromatic carbocycles. The van der Waals surface area contributed by atoms with Crippen molar-refractivity contribution in [1.29, 1.82) is 0 Å². The van der Waals surface area contributed by atoms with Gasteiger partial charge in [-0.05, 0) is 51.1 Å². The topological polar surface area (TPSA) is 59.0 Å². The van der Waals surface area contributed by atoms with Gasteiger partial charge < -0.3 is 10.6 Å². The van der Waals surface area contributed by atoms with Crippen LogP contribution in [-0.4, -0.2) is 28.8 Å². The summed E-state index contributed by atoms with van der Waals surface area (Å²) in [6.45, 7) is 3.29. The van der Waals surface area contributed by atoms with E-state index in [2.05, 4.69) is 15.7 Å². The van der Waals surface area contributed by atoms with Crippen LogP contribution in [0.1, 0.15) is 24.1 Å². The third kappa shape index (κ3) is 4.56. The Kier molecular flexibility index (Phi) is 6.30. The molecule has 1 aliphatic rings. The minimum absolute atomic E-state index is 0. The summed E-state index contributed by atoms with van der Waals surface area (Å²) >= 11 is 0. The van der Waals surface area contributed by atoms with E-state index in [4.69, 9.17) is 0 Å². The van der Waals surface area contributed by atoms with E-state index in [1.807, 2.05) is 0 Å². The monoisotopic (exact) mass is 388 g/mol. The molecule has 1 aromatic heterocycles. The largest absolute Gasteiger partial charge is 0.416 e. The van der Waals surface area contributed by atoms with Gasteiger partial charge in [-0.2, -0.15) is 18.3 Å². The molecule has 0 radical (unpaired) electrons. The van der Waals surface area contributed by atoms with Crippen LogP contribution >= 0.6 is 12.4 Å². The molecule has 0 bridgehead atoms. The SMILES string of the molecule is Cc1cc(NC(=O)C2CCNCC2)n(-c2cccc(C(F)(F)F)c2)n1.Cl. The maximum atomic E-state index is 12.9. The summed E-state index contributed by atoms with van der Waals surface area (Å²) in [5, 5.41) is 10.2. The van der Waals surface area contributed by atoms with E-state index in [0.717, 1.165) is 38.1 Å². The molecule has 26 heavy (non-hydrogen) atoms. The lowest BCUT2D eigenvalue weighted by Crippen LogP contribution is -2.35. The Morgan fingerprint density at radius 1 is 1.27 bits per heavy atom. The first-order valence-corrected chi connectivity index (χ1v) is 8.10. The lowest BCUT2D eigenvalue weighted by atomic mass is 9.97. The van der Waals surface area contributed by atoms with Gasteiger partial charge >= 0.3 is 6.18 Å². The fourth-order valence-corrected chi connectivity index (χ4v) is 2.91. The minimum Gasteiger partial charge on any atom is -0.317 e. The number of rotatable bonds is 3. The number of piperidine rings is 1. The van der Waals surface area contributed by atoms with Crippen LogP contribution in [-0.2, 0) is 11.0 Å². The van der Waals surface area contributed by atoms with Crippen LogP contribution in [0, 0.1) is 12.8 Å². The van der Waals surface area contributed by atoms with Crippen LogP contribution in [0.2, 0.25) is 0 Å². The van der Waals surface area contributed by atoms with Crippen LogP contribution in [0.5, 0.6) is 0 Å². The van der Waals surface area contributed by atoms with E-state index in [9.17, 15) is 18.0 Å². The Morgan fingerprint density at radius 3 is 2.62 bits per heavy atom. The van der Waals surface area contributed by atoms with Gasteiger partial charge in [0.2, 0.25) is 5.91 Å². The number of alkyl halides is 3. The first-order chi connectivity index (χ1) is 11.8. The molecule has 2 aromatic rings. The molecule has 5 nitrogen and oxygen atoms in total. The summed E-state index contributed by atoms with van der Waals surface area (Å²) in [6, 6.07) is 6.54. The number of amides is 1. The molecule has 0 atom stereocenters. The minimum atomic E-state index is -4.43. The zero-order valence-electron chi connectivity index (χ0n) is 14.1. The van der Waals surface area contributed by atoms with Gasteiger partial charge in [0.15, 0.2) is 0 Å². The second kappa shape index (κ2) is 8.09. The molecular weight excluding hydrogens is 369 g/mol. The Bertz CT molecular complexity index is 770. The van der Waals surface area contributed by atoms with Crippen molar-refractivity contribution >= 4 is 24.1 Å². The van der Waals surface area contributed by atoms with E-state index in [0.29, 0.717) is 11.5 Å². The highest BCUT2D eigenvalue weighted by Gasteiger charge is 2.31. The molecule has 1 aliphatic heterocycles. The van der Waals surface area contributed by atoms with Crippen molar-refractivity contribution in [2.75, 3.05) is 18.4 Å². The normalized spacial score (nSPS) is 15.4. The molecule has 1 fully saturated rings. The molecule has 3 rings (SSSR count). The molecule has 2 heterocycles. The van der Waals surface area contributed by atoms with Crippen molar-refractivity contribution in [3.05, 3.63) is 41.6 Å². The van der Waals surface area contributed by atoms with Gasteiger partial charge in [-0.3, -0.25) is 4.79 Å². The zero-order chi connectivity index (χ0) is 18.0.